The van der Waals surface area contributed by atoms with Crippen molar-refractivity contribution in [1.29, 1.82) is 0 Å². The van der Waals surface area contributed by atoms with Crippen molar-refractivity contribution in [2.75, 3.05) is 4.90 Å². The smallest absolute Gasteiger partial charge is 0.123 e. The first-order valence-corrected chi connectivity index (χ1v) is 16.5. The van der Waals surface area contributed by atoms with Crippen LogP contribution in [0.2, 0.25) is 0 Å². The van der Waals surface area contributed by atoms with Crippen molar-refractivity contribution >= 4 is 38.9 Å². The van der Waals surface area contributed by atoms with E-state index in [2.05, 4.69) is 163 Å². The Labute approximate surface area is 280 Å². The van der Waals surface area contributed by atoms with Gasteiger partial charge in [0.1, 0.15) is 5.82 Å². The molecule has 0 bridgehead atoms. The van der Waals surface area contributed by atoms with Gasteiger partial charge in [-0.2, -0.15) is 0 Å². The summed E-state index contributed by atoms with van der Waals surface area (Å²) < 4.78 is 16.0. The van der Waals surface area contributed by atoms with Crippen molar-refractivity contribution in [2.45, 2.75) is 19.3 Å². The molecule has 0 radical (unpaired) electrons. The Morgan fingerprint density at radius 2 is 1.10 bits per heavy atom. The minimum absolute atomic E-state index is 0.0768. The van der Waals surface area contributed by atoms with Crippen LogP contribution in [-0.2, 0) is 5.41 Å². The molecule has 1 heterocycles. The van der Waals surface area contributed by atoms with Gasteiger partial charge in [0, 0.05) is 38.9 Å². The van der Waals surface area contributed by atoms with Gasteiger partial charge in [-0.1, -0.05) is 98.8 Å². The first-order valence-electron chi connectivity index (χ1n) is 16.5. The largest absolute Gasteiger partial charge is 0.310 e. The minimum Gasteiger partial charge on any atom is -0.310 e. The number of hydrogen-bond acceptors (Lipinski definition) is 1. The number of rotatable bonds is 5. The van der Waals surface area contributed by atoms with E-state index in [0.717, 1.165) is 44.9 Å². The lowest BCUT2D eigenvalue weighted by Gasteiger charge is -2.28. The second kappa shape index (κ2) is 10.8. The van der Waals surface area contributed by atoms with E-state index in [9.17, 15) is 4.39 Å². The van der Waals surface area contributed by atoms with Gasteiger partial charge in [-0.25, -0.2) is 4.39 Å². The van der Waals surface area contributed by atoms with Crippen LogP contribution in [0.4, 0.5) is 21.5 Å². The molecule has 0 atom stereocenters. The lowest BCUT2D eigenvalue weighted by atomic mass is 9.82. The standard InChI is InChI=1S/C45H33FN2/c1-45(2)41-14-8-6-12-37(41)38-26-25-36(29-42(38)45)47(33-10-4-3-5-11-33)34-21-16-30(17-22-34)31-18-27-44-40(28-31)39-13-7-9-15-43(39)48(44)35-23-19-32(46)20-24-35/h3-29H,1-2H3. The maximum Gasteiger partial charge on any atom is 0.123 e. The molecule has 1 aliphatic rings. The fourth-order valence-electron chi connectivity index (χ4n) is 7.68. The molecule has 0 amide bonds. The highest BCUT2D eigenvalue weighted by atomic mass is 19.1. The second-order valence-corrected chi connectivity index (χ2v) is 13.2. The highest BCUT2D eigenvalue weighted by Crippen LogP contribution is 2.50. The number of aromatic nitrogens is 1. The summed E-state index contributed by atoms with van der Waals surface area (Å²) in [6, 6.07) is 57.0. The van der Waals surface area contributed by atoms with Gasteiger partial charge in [-0.3, -0.25) is 0 Å². The molecule has 0 saturated carbocycles. The molecule has 1 aliphatic carbocycles. The van der Waals surface area contributed by atoms with Crippen molar-refractivity contribution in [3.8, 4) is 27.9 Å². The third-order valence-corrected chi connectivity index (χ3v) is 10.1. The Morgan fingerprint density at radius 3 is 1.92 bits per heavy atom. The molecule has 230 valence electrons. The van der Waals surface area contributed by atoms with Gasteiger partial charge < -0.3 is 9.47 Å². The lowest BCUT2D eigenvalue weighted by Crippen LogP contribution is -2.16. The summed E-state index contributed by atoms with van der Waals surface area (Å²) in [7, 11) is 0. The Kier molecular flexibility index (Phi) is 6.38. The molecule has 3 heteroatoms. The average Bonchev–Trinajstić information content (AvgIpc) is 3.58. The molecule has 7 aromatic carbocycles. The fourth-order valence-corrected chi connectivity index (χ4v) is 7.68. The van der Waals surface area contributed by atoms with Gasteiger partial charge in [-0.05, 0) is 112 Å². The monoisotopic (exact) mass is 620 g/mol. The number of halogens is 1. The first-order chi connectivity index (χ1) is 23.5. The molecule has 48 heavy (non-hydrogen) atoms. The van der Waals surface area contributed by atoms with Crippen molar-refractivity contribution < 1.29 is 4.39 Å². The van der Waals surface area contributed by atoms with Gasteiger partial charge in [-0.15, -0.1) is 0 Å². The molecule has 9 rings (SSSR count). The Hall–Kier alpha value is -5.93. The van der Waals surface area contributed by atoms with Crippen LogP contribution in [0.25, 0.3) is 49.7 Å². The molecule has 1 aromatic heterocycles. The van der Waals surface area contributed by atoms with E-state index < -0.39 is 0 Å². The van der Waals surface area contributed by atoms with Crippen molar-refractivity contribution in [3.05, 3.63) is 181 Å². The van der Waals surface area contributed by atoms with Crippen LogP contribution in [0.1, 0.15) is 25.0 Å². The summed E-state index contributed by atoms with van der Waals surface area (Å²) in [5.74, 6) is -0.235. The maximum atomic E-state index is 13.8. The van der Waals surface area contributed by atoms with Crippen LogP contribution in [0.3, 0.4) is 0 Å². The molecule has 0 aliphatic heterocycles. The average molecular weight is 621 g/mol. The van der Waals surface area contributed by atoms with E-state index in [1.165, 1.54) is 45.2 Å². The molecule has 0 saturated heterocycles. The topological polar surface area (TPSA) is 8.17 Å². The summed E-state index contributed by atoms with van der Waals surface area (Å²) in [6.45, 7) is 4.66. The number of nitrogens with zero attached hydrogens (tertiary/aromatic N) is 2. The zero-order chi connectivity index (χ0) is 32.4. The van der Waals surface area contributed by atoms with Crippen molar-refractivity contribution in [2.24, 2.45) is 0 Å². The molecular weight excluding hydrogens is 588 g/mol. The lowest BCUT2D eigenvalue weighted by molar-refractivity contribution is 0.627. The van der Waals surface area contributed by atoms with E-state index in [-0.39, 0.29) is 11.2 Å². The minimum atomic E-state index is -0.235. The van der Waals surface area contributed by atoms with Crippen molar-refractivity contribution in [1.82, 2.24) is 4.57 Å². The number of hydrogen-bond donors (Lipinski definition) is 0. The van der Waals surface area contributed by atoms with Crippen LogP contribution in [-0.4, -0.2) is 4.57 Å². The molecular formula is C45H33FN2. The summed E-state index contributed by atoms with van der Waals surface area (Å²) in [6.07, 6.45) is 0. The quantitative estimate of drug-likeness (QED) is 0.186. The predicted molar refractivity (Wildman–Crippen MR) is 198 cm³/mol. The third-order valence-electron chi connectivity index (χ3n) is 10.1. The normalized spacial score (nSPS) is 13.1. The zero-order valence-corrected chi connectivity index (χ0v) is 26.9. The SMILES string of the molecule is CC1(C)c2ccccc2-c2ccc(N(c3ccccc3)c3ccc(-c4ccc5c(c4)c4ccccc4n5-c4ccc(F)cc4)cc3)cc21. The Morgan fingerprint density at radius 1 is 0.479 bits per heavy atom. The molecule has 0 spiro atoms. The van der Waals surface area contributed by atoms with E-state index in [0.29, 0.717) is 0 Å². The van der Waals surface area contributed by atoms with Crippen molar-refractivity contribution in [3.63, 3.8) is 0 Å². The van der Waals surface area contributed by atoms with Crippen LogP contribution in [0, 0.1) is 5.82 Å². The van der Waals surface area contributed by atoms with Gasteiger partial charge >= 0.3 is 0 Å². The van der Waals surface area contributed by atoms with Crippen LogP contribution in [0.15, 0.2) is 164 Å². The first kappa shape index (κ1) is 28.3. The summed E-state index contributed by atoms with van der Waals surface area (Å²) >= 11 is 0. The number of anilines is 3. The van der Waals surface area contributed by atoms with Crippen LogP contribution >= 0.6 is 0 Å². The third kappa shape index (κ3) is 4.39. The van der Waals surface area contributed by atoms with E-state index in [1.54, 1.807) is 0 Å². The van der Waals surface area contributed by atoms with Crippen LogP contribution < -0.4 is 4.90 Å². The van der Waals surface area contributed by atoms with Gasteiger partial charge in [0.15, 0.2) is 0 Å². The molecule has 8 aromatic rings. The zero-order valence-electron chi connectivity index (χ0n) is 26.9. The maximum absolute atomic E-state index is 13.8. The predicted octanol–water partition coefficient (Wildman–Crippen LogP) is 12.4. The summed E-state index contributed by atoms with van der Waals surface area (Å²) in [5.41, 5.74) is 14.1. The summed E-state index contributed by atoms with van der Waals surface area (Å²) in [4.78, 5) is 2.35. The van der Waals surface area contributed by atoms with Crippen LogP contribution in [0.5, 0.6) is 0 Å². The number of benzene rings is 7. The molecule has 0 unspecified atom stereocenters. The Balaban J connectivity index is 1.13. The van der Waals surface area contributed by atoms with Gasteiger partial charge in [0.05, 0.1) is 11.0 Å². The van der Waals surface area contributed by atoms with Gasteiger partial charge in [0.25, 0.3) is 0 Å². The molecule has 0 N–H and O–H groups in total. The fraction of sp³-hybridized carbons (Fsp3) is 0.0667. The van der Waals surface area contributed by atoms with E-state index in [1.807, 2.05) is 12.1 Å². The number of para-hydroxylation sites is 2. The highest BCUT2D eigenvalue weighted by molar-refractivity contribution is 6.10. The van der Waals surface area contributed by atoms with E-state index in [4.69, 9.17) is 0 Å². The van der Waals surface area contributed by atoms with Gasteiger partial charge in [0.2, 0.25) is 0 Å². The number of fused-ring (bicyclic) bond motifs is 6. The molecule has 2 nitrogen and oxygen atoms in total. The second-order valence-electron chi connectivity index (χ2n) is 13.2. The Bertz CT molecular complexity index is 2470. The summed E-state index contributed by atoms with van der Waals surface area (Å²) in [5, 5.41) is 2.34. The molecule has 0 fully saturated rings. The highest BCUT2D eigenvalue weighted by Gasteiger charge is 2.35. The van der Waals surface area contributed by atoms with E-state index >= 15 is 0 Å².